The van der Waals surface area contributed by atoms with Crippen LogP contribution in [0.3, 0.4) is 0 Å². The maximum absolute atomic E-state index is 12.8. The maximum atomic E-state index is 12.8. The Labute approximate surface area is 196 Å². The van der Waals surface area contributed by atoms with E-state index in [-0.39, 0.29) is 6.03 Å². The molecule has 170 valence electrons. The summed E-state index contributed by atoms with van der Waals surface area (Å²) in [6.45, 7) is 2.88. The average molecular weight is 467 g/mol. The number of methoxy groups -OCH3 is 1. The van der Waals surface area contributed by atoms with E-state index in [2.05, 4.69) is 15.4 Å². The van der Waals surface area contributed by atoms with Crippen LogP contribution in [0.25, 0.3) is 11.9 Å². The van der Waals surface area contributed by atoms with Crippen LogP contribution in [0.2, 0.25) is 5.02 Å². The lowest BCUT2D eigenvalue weighted by Gasteiger charge is -2.35. The SMILES string of the molecule is COc1cc(C=CC(=O)NN2CCCN(c3ccc(Cl)cc3)C2=O)cnc1-n1cnc(C)c1. The number of ether oxygens (including phenoxy) is 1. The fraction of sp³-hybridized carbons (Fsp3) is 0.217. The number of hydrogen-bond donors (Lipinski definition) is 1. The number of amides is 3. The van der Waals surface area contributed by atoms with Crippen molar-refractivity contribution in [1.82, 2.24) is 25.0 Å². The van der Waals surface area contributed by atoms with Crippen LogP contribution in [0, 0.1) is 6.92 Å². The van der Waals surface area contributed by atoms with E-state index in [1.165, 1.54) is 11.1 Å². The molecule has 1 aromatic carbocycles. The molecule has 33 heavy (non-hydrogen) atoms. The summed E-state index contributed by atoms with van der Waals surface area (Å²) >= 11 is 5.93. The first-order valence-corrected chi connectivity index (χ1v) is 10.7. The molecular weight excluding hydrogens is 444 g/mol. The van der Waals surface area contributed by atoms with Gasteiger partial charge in [0, 0.05) is 42.3 Å². The molecule has 0 aliphatic carbocycles. The molecule has 9 nitrogen and oxygen atoms in total. The monoisotopic (exact) mass is 466 g/mol. The number of hydrazine groups is 1. The number of anilines is 1. The Kier molecular flexibility index (Phi) is 6.60. The van der Waals surface area contributed by atoms with E-state index < -0.39 is 5.91 Å². The van der Waals surface area contributed by atoms with Gasteiger partial charge in [0.25, 0.3) is 5.91 Å². The lowest BCUT2D eigenvalue weighted by Crippen LogP contribution is -2.56. The van der Waals surface area contributed by atoms with E-state index in [1.54, 1.807) is 65.5 Å². The number of benzene rings is 1. The summed E-state index contributed by atoms with van der Waals surface area (Å²) in [7, 11) is 1.55. The van der Waals surface area contributed by atoms with Crippen LogP contribution < -0.4 is 15.1 Å². The van der Waals surface area contributed by atoms with Gasteiger partial charge in [-0.25, -0.2) is 19.8 Å². The number of halogens is 1. The molecule has 0 saturated carbocycles. The Hall–Kier alpha value is -3.85. The van der Waals surface area contributed by atoms with Crippen molar-refractivity contribution >= 4 is 35.3 Å². The van der Waals surface area contributed by atoms with Crippen LogP contribution in [0.4, 0.5) is 10.5 Å². The van der Waals surface area contributed by atoms with Crippen LogP contribution in [-0.4, -0.2) is 51.7 Å². The highest BCUT2D eigenvalue weighted by atomic mass is 35.5. The summed E-state index contributed by atoms with van der Waals surface area (Å²) in [4.78, 5) is 35.5. The van der Waals surface area contributed by atoms with Gasteiger partial charge in [-0.15, -0.1) is 0 Å². The minimum absolute atomic E-state index is 0.298. The summed E-state index contributed by atoms with van der Waals surface area (Å²) in [6, 6.07) is 8.49. The van der Waals surface area contributed by atoms with Gasteiger partial charge < -0.3 is 4.74 Å². The number of rotatable bonds is 6. The van der Waals surface area contributed by atoms with Crippen molar-refractivity contribution < 1.29 is 14.3 Å². The van der Waals surface area contributed by atoms with Gasteiger partial charge in [0.15, 0.2) is 11.6 Å². The summed E-state index contributed by atoms with van der Waals surface area (Å²) in [6.07, 6.45) is 8.81. The summed E-state index contributed by atoms with van der Waals surface area (Å²) < 4.78 is 7.21. The Morgan fingerprint density at radius 1 is 1.21 bits per heavy atom. The highest BCUT2D eigenvalue weighted by Gasteiger charge is 2.27. The summed E-state index contributed by atoms with van der Waals surface area (Å²) in [5.41, 5.74) is 4.91. The molecular formula is C23H23ClN6O3. The third-order valence-electron chi connectivity index (χ3n) is 5.07. The van der Waals surface area contributed by atoms with Gasteiger partial charge in [0.05, 0.1) is 12.8 Å². The second kappa shape index (κ2) is 9.74. The van der Waals surface area contributed by atoms with Gasteiger partial charge >= 0.3 is 6.03 Å². The molecule has 0 bridgehead atoms. The van der Waals surface area contributed by atoms with E-state index >= 15 is 0 Å². The summed E-state index contributed by atoms with van der Waals surface area (Å²) in [5.74, 6) is 0.718. The first-order chi connectivity index (χ1) is 15.9. The number of nitrogens with one attached hydrogen (secondary N) is 1. The van der Waals surface area contributed by atoms with E-state index in [4.69, 9.17) is 16.3 Å². The molecule has 1 aliphatic rings. The van der Waals surface area contributed by atoms with E-state index in [0.29, 0.717) is 41.7 Å². The fourth-order valence-corrected chi connectivity index (χ4v) is 3.58. The molecule has 1 fully saturated rings. The van der Waals surface area contributed by atoms with Crippen molar-refractivity contribution in [2.45, 2.75) is 13.3 Å². The van der Waals surface area contributed by atoms with Crippen molar-refractivity contribution in [3.63, 3.8) is 0 Å². The third kappa shape index (κ3) is 5.15. The lowest BCUT2D eigenvalue weighted by molar-refractivity contribution is -0.120. The molecule has 1 N–H and O–H groups in total. The predicted molar refractivity (Wildman–Crippen MR) is 125 cm³/mol. The van der Waals surface area contributed by atoms with Crippen LogP contribution in [-0.2, 0) is 4.79 Å². The van der Waals surface area contributed by atoms with E-state index in [1.807, 2.05) is 13.1 Å². The maximum Gasteiger partial charge on any atom is 0.343 e. The number of aromatic nitrogens is 3. The number of hydrogen-bond acceptors (Lipinski definition) is 5. The predicted octanol–water partition coefficient (Wildman–Crippen LogP) is 3.61. The zero-order chi connectivity index (χ0) is 23.4. The highest BCUT2D eigenvalue weighted by Crippen LogP contribution is 2.23. The Balaban J connectivity index is 1.42. The summed E-state index contributed by atoms with van der Waals surface area (Å²) in [5, 5.41) is 1.91. The van der Waals surface area contributed by atoms with Crippen LogP contribution >= 0.6 is 11.6 Å². The van der Waals surface area contributed by atoms with Gasteiger partial charge in [-0.3, -0.25) is 19.7 Å². The molecule has 3 aromatic rings. The van der Waals surface area contributed by atoms with E-state index in [0.717, 1.165) is 11.4 Å². The Bertz CT molecular complexity index is 1190. The minimum atomic E-state index is -0.422. The number of carbonyl (C=O) groups excluding carboxylic acids is 2. The third-order valence-corrected chi connectivity index (χ3v) is 5.32. The molecule has 1 saturated heterocycles. The lowest BCUT2D eigenvalue weighted by atomic mass is 10.2. The van der Waals surface area contributed by atoms with Crippen molar-refractivity contribution in [2.24, 2.45) is 0 Å². The number of urea groups is 1. The van der Waals surface area contributed by atoms with Gasteiger partial charge in [-0.2, -0.15) is 0 Å². The molecule has 3 heterocycles. The average Bonchev–Trinajstić information content (AvgIpc) is 3.25. The quantitative estimate of drug-likeness (QED) is 0.560. The second-order valence-electron chi connectivity index (χ2n) is 7.44. The van der Waals surface area contributed by atoms with Gasteiger partial charge in [0.1, 0.15) is 6.33 Å². The number of nitrogens with zero attached hydrogens (tertiary/aromatic N) is 5. The van der Waals surface area contributed by atoms with Crippen molar-refractivity contribution in [3.8, 4) is 11.6 Å². The smallest absolute Gasteiger partial charge is 0.343 e. The zero-order valence-corrected chi connectivity index (χ0v) is 19.0. The molecule has 0 unspecified atom stereocenters. The van der Waals surface area contributed by atoms with Crippen LogP contribution in [0.5, 0.6) is 5.75 Å². The Morgan fingerprint density at radius 2 is 2.00 bits per heavy atom. The number of carbonyl (C=O) groups is 2. The van der Waals surface area contributed by atoms with Gasteiger partial charge in [-0.05, 0) is 55.3 Å². The van der Waals surface area contributed by atoms with E-state index in [9.17, 15) is 9.59 Å². The van der Waals surface area contributed by atoms with Gasteiger partial charge in [0.2, 0.25) is 0 Å². The van der Waals surface area contributed by atoms with Crippen molar-refractivity contribution in [3.05, 3.63) is 71.4 Å². The fourth-order valence-electron chi connectivity index (χ4n) is 3.46. The first kappa shape index (κ1) is 22.3. The van der Waals surface area contributed by atoms with Crippen molar-refractivity contribution in [1.29, 1.82) is 0 Å². The molecule has 3 amide bonds. The first-order valence-electron chi connectivity index (χ1n) is 10.3. The zero-order valence-electron chi connectivity index (χ0n) is 18.2. The van der Waals surface area contributed by atoms with Gasteiger partial charge in [-0.1, -0.05) is 11.6 Å². The number of pyridine rings is 1. The second-order valence-corrected chi connectivity index (χ2v) is 7.88. The van der Waals surface area contributed by atoms with Crippen LogP contribution in [0.15, 0.2) is 55.1 Å². The molecule has 0 radical (unpaired) electrons. The normalized spacial score (nSPS) is 14.1. The Morgan fingerprint density at radius 3 is 2.70 bits per heavy atom. The molecule has 4 rings (SSSR count). The number of imidazole rings is 1. The molecule has 0 spiro atoms. The largest absolute Gasteiger partial charge is 0.493 e. The van der Waals surface area contributed by atoms with Crippen molar-refractivity contribution in [2.75, 3.05) is 25.1 Å². The standard InChI is InChI=1S/C23H23ClN6O3/c1-16-14-28(15-26-16)22-20(33-2)12-17(13-25-22)4-9-21(31)27-30-11-3-10-29(23(30)32)19-7-5-18(24)6-8-19/h4-9,12-15H,3,10-11H2,1-2H3,(H,27,31). The molecule has 1 aliphatic heterocycles. The van der Waals surface area contributed by atoms with Crippen LogP contribution in [0.1, 0.15) is 17.7 Å². The number of aryl methyl sites for hydroxylation is 1. The minimum Gasteiger partial charge on any atom is -0.493 e. The highest BCUT2D eigenvalue weighted by molar-refractivity contribution is 6.30. The molecule has 10 heteroatoms. The molecule has 0 atom stereocenters. The topological polar surface area (TPSA) is 92.6 Å². The molecule has 2 aromatic heterocycles.